The lowest BCUT2D eigenvalue weighted by Crippen LogP contribution is -2.44. The van der Waals surface area contributed by atoms with E-state index in [9.17, 15) is 4.79 Å². The van der Waals surface area contributed by atoms with Crippen LogP contribution < -0.4 is 0 Å². The fraction of sp³-hybridized carbons (Fsp3) is 0.875. The van der Waals surface area contributed by atoms with Crippen molar-refractivity contribution >= 4 is 5.97 Å². The molecule has 4 heteroatoms. The van der Waals surface area contributed by atoms with Gasteiger partial charge < -0.3 is 14.3 Å². The Morgan fingerprint density at radius 3 is 2.42 bits per heavy atom. The van der Waals surface area contributed by atoms with Gasteiger partial charge in [0.2, 0.25) is 0 Å². The maximum Gasteiger partial charge on any atom is 0.302 e. The lowest BCUT2D eigenvalue weighted by atomic mass is 10.4. The van der Waals surface area contributed by atoms with Crippen LogP contribution >= 0.6 is 0 Å². The summed E-state index contributed by atoms with van der Waals surface area (Å²) < 4.78 is 5.46. The van der Waals surface area contributed by atoms with Crippen molar-refractivity contribution < 1.29 is 19.1 Å². The van der Waals surface area contributed by atoms with E-state index in [0.29, 0.717) is 17.6 Å². The molecular weight excluding hydrogens is 158 g/mol. The Balaban J connectivity index is 3.53. The van der Waals surface area contributed by atoms with Crippen LogP contribution in [0, 0.1) is 0 Å². The van der Waals surface area contributed by atoms with Gasteiger partial charge in [-0.2, -0.15) is 0 Å². The quantitative estimate of drug-likeness (QED) is 0.459. The van der Waals surface area contributed by atoms with Crippen molar-refractivity contribution in [1.29, 1.82) is 0 Å². The minimum atomic E-state index is -0.251. The predicted molar refractivity (Wildman–Crippen MR) is 45.6 cm³/mol. The Labute approximate surface area is 73.3 Å². The van der Waals surface area contributed by atoms with Crippen molar-refractivity contribution in [2.75, 3.05) is 40.4 Å². The fourth-order valence-electron chi connectivity index (χ4n) is 0.819. The summed E-state index contributed by atoms with van der Waals surface area (Å²) in [6.07, 6.45) is 0. The number of aliphatic hydroxyl groups is 1. The highest BCUT2D eigenvalue weighted by Crippen LogP contribution is 1.95. The van der Waals surface area contributed by atoms with Gasteiger partial charge in [-0.05, 0) is 0 Å². The molecule has 0 aliphatic carbocycles. The van der Waals surface area contributed by atoms with Gasteiger partial charge in [-0.1, -0.05) is 0 Å². The number of carbonyl (C=O) groups is 1. The molecule has 12 heavy (non-hydrogen) atoms. The third kappa shape index (κ3) is 6.12. The topological polar surface area (TPSA) is 46.5 Å². The third-order valence-electron chi connectivity index (χ3n) is 1.71. The first-order chi connectivity index (χ1) is 5.48. The lowest BCUT2D eigenvalue weighted by Gasteiger charge is -2.28. The molecule has 0 heterocycles. The summed E-state index contributed by atoms with van der Waals surface area (Å²) in [5, 5.41) is 8.69. The van der Waals surface area contributed by atoms with Gasteiger partial charge >= 0.3 is 5.97 Å². The maximum atomic E-state index is 10.4. The fourth-order valence-corrected chi connectivity index (χ4v) is 0.819. The van der Waals surface area contributed by atoms with Crippen LogP contribution in [0.5, 0.6) is 0 Å². The lowest BCUT2D eigenvalue weighted by molar-refractivity contribution is -0.890. The summed E-state index contributed by atoms with van der Waals surface area (Å²) in [5.41, 5.74) is 0. The Hall–Kier alpha value is -0.610. The van der Waals surface area contributed by atoms with Gasteiger partial charge in [-0.15, -0.1) is 0 Å². The largest absolute Gasteiger partial charge is 0.460 e. The molecule has 0 aromatic rings. The molecule has 0 aromatic carbocycles. The first kappa shape index (κ1) is 11.4. The minimum absolute atomic E-state index is 0.160. The van der Waals surface area contributed by atoms with Crippen LogP contribution in [0.2, 0.25) is 0 Å². The second-order valence-electron chi connectivity index (χ2n) is 3.45. The summed E-state index contributed by atoms with van der Waals surface area (Å²) in [6, 6.07) is 0. The molecule has 0 spiro atoms. The van der Waals surface area contributed by atoms with Crippen LogP contribution in [-0.4, -0.2) is 56.0 Å². The summed E-state index contributed by atoms with van der Waals surface area (Å²) >= 11 is 0. The first-order valence-corrected chi connectivity index (χ1v) is 4.04. The van der Waals surface area contributed by atoms with Crippen molar-refractivity contribution in [3.05, 3.63) is 0 Å². The molecule has 0 amide bonds. The molecule has 0 aliphatic rings. The number of hydrogen-bond donors (Lipinski definition) is 1. The molecule has 0 aliphatic heterocycles. The predicted octanol–water partition coefficient (Wildman–Crippen LogP) is -0.382. The van der Waals surface area contributed by atoms with E-state index in [1.165, 1.54) is 6.92 Å². The van der Waals surface area contributed by atoms with Gasteiger partial charge in [0.1, 0.15) is 19.7 Å². The van der Waals surface area contributed by atoms with Crippen molar-refractivity contribution in [3.63, 3.8) is 0 Å². The highest BCUT2D eigenvalue weighted by Gasteiger charge is 2.13. The Bertz CT molecular complexity index is 145. The number of rotatable bonds is 5. The number of nitrogens with zero attached hydrogens (tertiary/aromatic N) is 1. The van der Waals surface area contributed by atoms with Crippen LogP contribution in [0.4, 0.5) is 0 Å². The van der Waals surface area contributed by atoms with Crippen molar-refractivity contribution in [1.82, 2.24) is 0 Å². The maximum absolute atomic E-state index is 10.4. The SMILES string of the molecule is CC(=O)OCC[N+](C)(C)CCO. The molecule has 0 aromatic heterocycles. The molecule has 0 rings (SSSR count). The Morgan fingerprint density at radius 1 is 1.42 bits per heavy atom. The van der Waals surface area contributed by atoms with Crippen LogP contribution in [0.1, 0.15) is 6.92 Å². The zero-order chi connectivity index (χ0) is 9.61. The monoisotopic (exact) mass is 176 g/mol. The Morgan fingerprint density at radius 2 is 2.00 bits per heavy atom. The number of ether oxygens (including phenoxy) is 1. The molecule has 0 saturated carbocycles. The van der Waals surface area contributed by atoms with Crippen LogP contribution in [0.15, 0.2) is 0 Å². The summed E-state index contributed by atoms with van der Waals surface area (Å²) in [6.45, 7) is 3.39. The Kier molecular flexibility index (Phi) is 4.85. The molecule has 0 saturated heterocycles. The van der Waals surface area contributed by atoms with E-state index in [2.05, 4.69) is 0 Å². The summed E-state index contributed by atoms with van der Waals surface area (Å²) in [5.74, 6) is -0.251. The molecule has 72 valence electrons. The number of likely N-dealkylation sites (N-methyl/N-ethyl adjacent to an activating group) is 1. The highest BCUT2D eigenvalue weighted by molar-refractivity contribution is 5.65. The van der Waals surface area contributed by atoms with E-state index >= 15 is 0 Å². The summed E-state index contributed by atoms with van der Waals surface area (Å²) in [7, 11) is 3.97. The van der Waals surface area contributed by atoms with Gasteiger partial charge in [0.15, 0.2) is 0 Å². The molecular formula is C8H18NO3+. The van der Waals surface area contributed by atoms with Crippen molar-refractivity contribution in [2.45, 2.75) is 6.92 Å². The van der Waals surface area contributed by atoms with Crippen molar-refractivity contribution in [3.8, 4) is 0 Å². The molecule has 1 N–H and O–H groups in total. The van der Waals surface area contributed by atoms with E-state index in [1.807, 2.05) is 14.1 Å². The van der Waals surface area contributed by atoms with Gasteiger partial charge in [0, 0.05) is 6.92 Å². The highest BCUT2D eigenvalue weighted by atomic mass is 16.5. The summed E-state index contributed by atoms with van der Waals surface area (Å²) in [4.78, 5) is 10.4. The molecule has 0 radical (unpaired) electrons. The smallest absolute Gasteiger partial charge is 0.302 e. The van der Waals surface area contributed by atoms with E-state index < -0.39 is 0 Å². The second kappa shape index (κ2) is 5.11. The molecule has 0 bridgehead atoms. The van der Waals surface area contributed by atoms with Crippen LogP contribution in [-0.2, 0) is 9.53 Å². The van der Waals surface area contributed by atoms with E-state index in [1.54, 1.807) is 0 Å². The number of quaternary nitrogens is 1. The van der Waals surface area contributed by atoms with E-state index in [-0.39, 0.29) is 12.6 Å². The molecule has 4 nitrogen and oxygen atoms in total. The average Bonchev–Trinajstić information content (AvgIpc) is 1.85. The third-order valence-corrected chi connectivity index (χ3v) is 1.71. The zero-order valence-corrected chi connectivity index (χ0v) is 8.04. The number of esters is 1. The molecule has 0 unspecified atom stereocenters. The number of aliphatic hydroxyl groups excluding tert-OH is 1. The van der Waals surface area contributed by atoms with E-state index in [4.69, 9.17) is 9.84 Å². The van der Waals surface area contributed by atoms with Crippen molar-refractivity contribution in [2.24, 2.45) is 0 Å². The van der Waals surface area contributed by atoms with Gasteiger partial charge in [0.25, 0.3) is 0 Å². The van der Waals surface area contributed by atoms with Gasteiger partial charge in [0.05, 0.1) is 20.7 Å². The number of carbonyl (C=O) groups excluding carboxylic acids is 1. The standard InChI is InChI=1S/C8H18NO3/c1-8(11)12-7-5-9(2,3)4-6-10/h10H,4-7H2,1-3H3/q+1. The second-order valence-corrected chi connectivity index (χ2v) is 3.45. The molecule has 0 atom stereocenters. The van der Waals surface area contributed by atoms with Gasteiger partial charge in [-0.3, -0.25) is 4.79 Å². The zero-order valence-electron chi connectivity index (χ0n) is 8.04. The van der Waals surface area contributed by atoms with Crippen LogP contribution in [0.25, 0.3) is 0 Å². The van der Waals surface area contributed by atoms with Crippen LogP contribution in [0.3, 0.4) is 0 Å². The minimum Gasteiger partial charge on any atom is -0.460 e. The molecule has 0 fully saturated rings. The first-order valence-electron chi connectivity index (χ1n) is 4.04. The normalized spacial score (nSPS) is 11.3. The average molecular weight is 176 g/mol. The van der Waals surface area contributed by atoms with E-state index in [0.717, 1.165) is 6.54 Å². The number of hydrogen-bond acceptors (Lipinski definition) is 3. The van der Waals surface area contributed by atoms with Gasteiger partial charge in [-0.25, -0.2) is 0 Å².